The minimum absolute atomic E-state index is 0.0537. The number of hydrogen-bond acceptors (Lipinski definition) is 4. The maximum atomic E-state index is 11.7. The van der Waals surface area contributed by atoms with Crippen LogP contribution < -0.4 is 10.6 Å². The number of nitrogens with one attached hydrogen (secondary N) is 2. The number of hydrogen-bond donors (Lipinski definition) is 2. The van der Waals surface area contributed by atoms with Crippen molar-refractivity contribution < 1.29 is 9.53 Å². The van der Waals surface area contributed by atoms with Crippen LogP contribution in [0.2, 0.25) is 0 Å². The number of amides is 2. The molecule has 0 aliphatic rings. The monoisotopic (exact) mass is 289 g/mol. The van der Waals surface area contributed by atoms with Gasteiger partial charge in [0.25, 0.3) is 0 Å². The lowest BCUT2D eigenvalue weighted by atomic mass is 10.3. The standard InChI is InChI=1S/C14H19N5O2/c1-11(9-21-2)17-14(20)15-8-13-18-16-10-19(13)12-6-4-3-5-7-12/h3-7,10-11H,8-9H2,1-2H3,(H2,15,17,20)/t11-/m1/s1. The first-order valence-corrected chi connectivity index (χ1v) is 6.68. The van der Waals surface area contributed by atoms with Gasteiger partial charge in [0.15, 0.2) is 5.82 Å². The van der Waals surface area contributed by atoms with E-state index in [1.807, 2.05) is 41.8 Å². The van der Waals surface area contributed by atoms with E-state index in [1.165, 1.54) is 0 Å². The third-order valence-electron chi connectivity index (χ3n) is 2.85. The first kappa shape index (κ1) is 15.0. The van der Waals surface area contributed by atoms with E-state index in [2.05, 4.69) is 20.8 Å². The number of aromatic nitrogens is 3. The van der Waals surface area contributed by atoms with Crippen molar-refractivity contribution in [3.8, 4) is 5.69 Å². The molecular weight excluding hydrogens is 270 g/mol. The average Bonchev–Trinajstić information content (AvgIpc) is 2.94. The Balaban J connectivity index is 1.93. The van der Waals surface area contributed by atoms with Crippen LogP contribution in [-0.2, 0) is 11.3 Å². The van der Waals surface area contributed by atoms with Gasteiger partial charge >= 0.3 is 6.03 Å². The fourth-order valence-corrected chi connectivity index (χ4v) is 1.91. The summed E-state index contributed by atoms with van der Waals surface area (Å²) < 4.78 is 6.80. The molecule has 0 aliphatic carbocycles. The molecule has 7 nitrogen and oxygen atoms in total. The summed E-state index contributed by atoms with van der Waals surface area (Å²) in [4.78, 5) is 11.7. The summed E-state index contributed by atoms with van der Waals surface area (Å²) in [5.41, 5.74) is 0.951. The summed E-state index contributed by atoms with van der Waals surface area (Å²) in [5, 5.41) is 13.4. The fraction of sp³-hybridized carbons (Fsp3) is 0.357. The number of para-hydroxylation sites is 1. The van der Waals surface area contributed by atoms with Gasteiger partial charge in [0.2, 0.25) is 0 Å². The molecule has 7 heteroatoms. The van der Waals surface area contributed by atoms with E-state index in [4.69, 9.17) is 4.74 Å². The lowest BCUT2D eigenvalue weighted by Crippen LogP contribution is -2.42. The summed E-state index contributed by atoms with van der Waals surface area (Å²) in [7, 11) is 1.60. The van der Waals surface area contributed by atoms with Gasteiger partial charge < -0.3 is 15.4 Å². The van der Waals surface area contributed by atoms with Gasteiger partial charge in [0.1, 0.15) is 6.33 Å². The Kier molecular flexibility index (Phi) is 5.28. The molecule has 1 aromatic carbocycles. The van der Waals surface area contributed by atoms with Gasteiger partial charge in [-0.05, 0) is 19.1 Å². The summed E-state index contributed by atoms with van der Waals surface area (Å²) >= 11 is 0. The SMILES string of the molecule is COC[C@@H](C)NC(=O)NCc1nncn1-c1ccccc1. The molecule has 2 amide bonds. The van der Waals surface area contributed by atoms with Crippen LogP contribution in [0.3, 0.4) is 0 Å². The zero-order valence-electron chi connectivity index (χ0n) is 12.1. The second-order valence-corrected chi connectivity index (χ2v) is 4.64. The lowest BCUT2D eigenvalue weighted by Gasteiger charge is -2.13. The molecule has 2 rings (SSSR count). The van der Waals surface area contributed by atoms with Crippen molar-refractivity contribution in [2.45, 2.75) is 19.5 Å². The van der Waals surface area contributed by atoms with Crippen LogP contribution in [0.4, 0.5) is 4.79 Å². The molecule has 0 aliphatic heterocycles. The highest BCUT2D eigenvalue weighted by atomic mass is 16.5. The number of carbonyl (C=O) groups excluding carboxylic acids is 1. The molecule has 112 valence electrons. The van der Waals surface area contributed by atoms with Crippen molar-refractivity contribution in [2.75, 3.05) is 13.7 Å². The number of methoxy groups -OCH3 is 1. The first-order valence-electron chi connectivity index (χ1n) is 6.68. The number of carbonyl (C=O) groups is 1. The van der Waals surface area contributed by atoms with Crippen molar-refractivity contribution in [1.29, 1.82) is 0 Å². The Hall–Kier alpha value is -2.41. The second kappa shape index (κ2) is 7.39. The smallest absolute Gasteiger partial charge is 0.315 e. The van der Waals surface area contributed by atoms with Gasteiger partial charge in [-0.1, -0.05) is 18.2 Å². The summed E-state index contributed by atoms with van der Waals surface area (Å²) in [6.07, 6.45) is 1.62. The zero-order valence-corrected chi connectivity index (χ0v) is 12.1. The van der Waals surface area contributed by atoms with Gasteiger partial charge in [0, 0.05) is 12.8 Å². The van der Waals surface area contributed by atoms with Crippen molar-refractivity contribution in [3.05, 3.63) is 42.5 Å². The van der Waals surface area contributed by atoms with Crippen LogP contribution in [0.1, 0.15) is 12.7 Å². The van der Waals surface area contributed by atoms with E-state index in [9.17, 15) is 4.79 Å². The normalized spacial score (nSPS) is 11.9. The summed E-state index contributed by atoms with van der Waals surface area (Å²) in [5.74, 6) is 0.663. The van der Waals surface area contributed by atoms with E-state index in [0.717, 1.165) is 5.69 Å². The Morgan fingerprint density at radius 1 is 1.38 bits per heavy atom. The van der Waals surface area contributed by atoms with Crippen LogP contribution in [0.5, 0.6) is 0 Å². The zero-order chi connectivity index (χ0) is 15.1. The van der Waals surface area contributed by atoms with Crippen molar-refractivity contribution in [1.82, 2.24) is 25.4 Å². The molecule has 2 N–H and O–H groups in total. The molecule has 0 bridgehead atoms. The molecule has 21 heavy (non-hydrogen) atoms. The largest absolute Gasteiger partial charge is 0.383 e. The quantitative estimate of drug-likeness (QED) is 0.834. The highest BCUT2D eigenvalue weighted by Crippen LogP contribution is 2.08. The van der Waals surface area contributed by atoms with E-state index in [-0.39, 0.29) is 12.1 Å². The van der Waals surface area contributed by atoms with E-state index in [1.54, 1.807) is 13.4 Å². The lowest BCUT2D eigenvalue weighted by molar-refractivity contribution is 0.171. The fourth-order valence-electron chi connectivity index (χ4n) is 1.91. The summed E-state index contributed by atoms with van der Waals surface area (Å²) in [6, 6.07) is 9.40. The van der Waals surface area contributed by atoms with Crippen LogP contribution in [-0.4, -0.2) is 40.6 Å². The molecule has 1 heterocycles. The molecule has 2 aromatic rings. The molecule has 0 radical (unpaired) electrons. The summed E-state index contributed by atoms with van der Waals surface area (Å²) in [6.45, 7) is 2.63. The molecule has 0 unspecified atom stereocenters. The van der Waals surface area contributed by atoms with Crippen molar-refractivity contribution >= 4 is 6.03 Å². The highest BCUT2D eigenvalue weighted by Gasteiger charge is 2.10. The maximum Gasteiger partial charge on any atom is 0.315 e. The number of nitrogens with zero attached hydrogens (tertiary/aromatic N) is 3. The average molecular weight is 289 g/mol. The van der Waals surface area contributed by atoms with Gasteiger partial charge in [-0.25, -0.2) is 4.79 Å². The number of benzene rings is 1. The molecular formula is C14H19N5O2. The Morgan fingerprint density at radius 3 is 2.86 bits per heavy atom. The van der Waals surface area contributed by atoms with Gasteiger partial charge in [0.05, 0.1) is 19.2 Å². The Bertz CT molecular complexity index is 570. The van der Waals surface area contributed by atoms with Crippen LogP contribution in [0.15, 0.2) is 36.7 Å². The molecule has 0 fully saturated rings. The third-order valence-corrected chi connectivity index (χ3v) is 2.85. The van der Waals surface area contributed by atoms with Crippen molar-refractivity contribution in [2.24, 2.45) is 0 Å². The van der Waals surface area contributed by atoms with E-state index >= 15 is 0 Å². The van der Waals surface area contributed by atoms with Crippen molar-refractivity contribution in [3.63, 3.8) is 0 Å². The van der Waals surface area contributed by atoms with Gasteiger partial charge in [-0.3, -0.25) is 4.57 Å². The Labute approximate surface area is 123 Å². The van der Waals surface area contributed by atoms with Crippen LogP contribution in [0, 0.1) is 0 Å². The first-order chi connectivity index (χ1) is 10.2. The topological polar surface area (TPSA) is 81.1 Å². The molecule has 0 saturated heterocycles. The molecule has 1 atom stereocenters. The van der Waals surface area contributed by atoms with Crippen LogP contribution in [0.25, 0.3) is 5.69 Å². The number of urea groups is 1. The molecule has 1 aromatic heterocycles. The molecule has 0 spiro atoms. The second-order valence-electron chi connectivity index (χ2n) is 4.64. The minimum Gasteiger partial charge on any atom is -0.383 e. The third kappa shape index (κ3) is 4.28. The minimum atomic E-state index is -0.262. The molecule has 0 saturated carbocycles. The van der Waals surface area contributed by atoms with Crippen LogP contribution >= 0.6 is 0 Å². The Morgan fingerprint density at radius 2 is 2.14 bits per heavy atom. The predicted molar refractivity (Wildman–Crippen MR) is 78.1 cm³/mol. The van der Waals surface area contributed by atoms with Gasteiger partial charge in [-0.2, -0.15) is 0 Å². The highest BCUT2D eigenvalue weighted by molar-refractivity contribution is 5.74. The van der Waals surface area contributed by atoms with Gasteiger partial charge in [-0.15, -0.1) is 10.2 Å². The van der Waals surface area contributed by atoms with E-state index in [0.29, 0.717) is 19.0 Å². The number of rotatable bonds is 6. The number of ether oxygens (including phenoxy) is 1. The predicted octanol–water partition coefficient (Wildman–Crippen LogP) is 1.10. The maximum absolute atomic E-state index is 11.7. The van der Waals surface area contributed by atoms with E-state index < -0.39 is 0 Å².